The fourth-order valence-corrected chi connectivity index (χ4v) is 1.28. The van der Waals surface area contributed by atoms with Crippen molar-refractivity contribution in [2.24, 2.45) is 0 Å². The maximum atomic E-state index is 5.02. The molecule has 60 valence electrons. The van der Waals surface area contributed by atoms with E-state index >= 15 is 0 Å². The highest BCUT2D eigenvalue weighted by atomic mass is 79.9. The molecule has 0 saturated heterocycles. The van der Waals surface area contributed by atoms with Gasteiger partial charge in [-0.15, -0.1) is 0 Å². The number of alkyl halides is 1. The number of aromatic nitrogens is 1. The zero-order valence-corrected chi connectivity index (χ0v) is 7.97. The van der Waals surface area contributed by atoms with Gasteiger partial charge in [0.2, 0.25) is 0 Å². The van der Waals surface area contributed by atoms with Crippen LogP contribution >= 0.6 is 15.9 Å². The van der Waals surface area contributed by atoms with E-state index in [2.05, 4.69) is 20.9 Å². The molecule has 1 aromatic rings. The van der Waals surface area contributed by atoms with Crippen LogP contribution in [0.25, 0.3) is 0 Å². The van der Waals surface area contributed by atoms with Gasteiger partial charge in [0.1, 0.15) is 5.75 Å². The van der Waals surface area contributed by atoms with Crippen molar-refractivity contribution in [2.45, 2.75) is 6.42 Å². The van der Waals surface area contributed by atoms with Gasteiger partial charge in [-0.1, -0.05) is 15.9 Å². The van der Waals surface area contributed by atoms with Crippen LogP contribution in [0.3, 0.4) is 0 Å². The van der Waals surface area contributed by atoms with Crippen molar-refractivity contribution in [2.75, 3.05) is 12.4 Å². The molecule has 0 N–H and O–H groups in total. The number of hydrogen-bond donors (Lipinski definition) is 0. The molecule has 0 radical (unpaired) electrons. The molecule has 0 amide bonds. The van der Waals surface area contributed by atoms with E-state index in [9.17, 15) is 0 Å². The van der Waals surface area contributed by atoms with Gasteiger partial charge in [0.05, 0.1) is 13.3 Å². The summed E-state index contributed by atoms with van der Waals surface area (Å²) >= 11 is 3.36. The molecule has 1 rings (SSSR count). The third kappa shape index (κ3) is 2.50. The van der Waals surface area contributed by atoms with Crippen molar-refractivity contribution in [3.8, 4) is 5.75 Å². The first-order chi connectivity index (χ1) is 5.36. The maximum Gasteiger partial charge on any atom is 0.137 e. The zero-order chi connectivity index (χ0) is 8.10. The van der Waals surface area contributed by atoms with Crippen LogP contribution in [0.15, 0.2) is 18.5 Å². The number of nitrogens with zero attached hydrogens (tertiary/aromatic N) is 1. The minimum Gasteiger partial charge on any atom is -0.495 e. The largest absolute Gasteiger partial charge is 0.495 e. The monoisotopic (exact) mass is 215 g/mol. The lowest BCUT2D eigenvalue weighted by Crippen LogP contribution is -1.89. The van der Waals surface area contributed by atoms with Crippen LogP contribution in [0.4, 0.5) is 0 Å². The van der Waals surface area contributed by atoms with Crippen molar-refractivity contribution < 1.29 is 4.74 Å². The first-order valence-electron chi connectivity index (χ1n) is 3.40. The molecule has 0 fully saturated rings. The normalized spacial score (nSPS) is 9.64. The smallest absolute Gasteiger partial charge is 0.137 e. The molecule has 11 heavy (non-hydrogen) atoms. The van der Waals surface area contributed by atoms with Crippen LogP contribution in [0.2, 0.25) is 0 Å². The molecule has 0 aliphatic rings. The quantitative estimate of drug-likeness (QED) is 0.721. The molecular formula is C8H10BrNO. The summed E-state index contributed by atoms with van der Waals surface area (Å²) in [7, 11) is 1.65. The summed E-state index contributed by atoms with van der Waals surface area (Å²) in [5.41, 5.74) is 1.20. The predicted octanol–water partition coefficient (Wildman–Crippen LogP) is 2.03. The average molecular weight is 216 g/mol. The third-order valence-corrected chi connectivity index (χ3v) is 1.79. The summed E-state index contributed by atoms with van der Waals surface area (Å²) in [6, 6.07) is 1.99. The highest BCUT2D eigenvalue weighted by molar-refractivity contribution is 9.09. The van der Waals surface area contributed by atoms with Gasteiger partial charge in [-0.05, 0) is 18.1 Å². The van der Waals surface area contributed by atoms with E-state index in [-0.39, 0.29) is 0 Å². The molecule has 0 aliphatic heterocycles. The lowest BCUT2D eigenvalue weighted by Gasteiger charge is -2.00. The highest BCUT2D eigenvalue weighted by Crippen LogP contribution is 2.10. The van der Waals surface area contributed by atoms with E-state index in [0.29, 0.717) is 0 Å². The number of methoxy groups -OCH3 is 1. The zero-order valence-electron chi connectivity index (χ0n) is 6.38. The van der Waals surface area contributed by atoms with E-state index in [1.54, 1.807) is 13.3 Å². The molecule has 1 aromatic heterocycles. The molecule has 0 bridgehead atoms. The van der Waals surface area contributed by atoms with Gasteiger partial charge in [-0.2, -0.15) is 0 Å². The van der Waals surface area contributed by atoms with Crippen LogP contribution in [-0.4, -0.2) is 17.4 Å². The Morgan fingerprint density at radius 2 is 2.36 bits per heavy atom. The summed E-state index contributed by atoms with van der Waals surface area (Å²) in [4.78, 5) is 4.03. The standard InChI is InChI=1S/C8H10BrNO/c1-11-8-4-7(2-3-9)5-10-6-8/h4-6H,2-3H2,1H3. The van der Waals surface area contributed by atoms with Crippen molar-refractivity contribution in [3.05, 3.63) is 24.0 Å². The van der Waals surface area contributed by atoms with Crippen molar-refractivity contribution >= 4 is 15.9 Å². The van der Waals surface area contributed by atoms with Crippen LogP contribution < -0.4 is 4.74 Å². The molecular weight excluding hydrogens is 206 g/mol. The van der Waals surface area contributed by atoms with Crippen LogP contribution in [0, 0.1) is 0 Å². The fraction of sp³-hybridized carbons (Fsp3) is 0.375. The van der Waals surface area contributed by atoms with E-state index in [0.717, 1.165) is 17.5 Å². The minimum absolute atomic E-state index is 0.823. The summed E-state index contributed by atoms with van der Waals surface area (Å²) in [6.45, 7) is 0. The van der Waals surface area contributed by atoms with Gasteiger partial charge in [0.25, 0.3) is 0 Å². The Hall–Kier alpha value is -0.570. The number of pyridine rings is 1. The number of halogens is 1. The van der Waals surface area contributed by atoms with Gasteiger partial charge < -0.3 is 4.74 Å². The number of rotatable bonds is 3. The van der Waals surface area contributed by atoms with Crippen molar-refractivity contribution in [3.63, 3.8) is 0 Å². The average Bonchev–Trinajstić information content (AvgIpc) is 2.06. The molecule has 2 nitrogen and oxygen atoms in total. The Bertz CT molecular complexity index is 227. The molecule has 1 heterocycles. The van der Waals surface area contributed by atoms with Crippen molar-refractivity contribution in [1.82, 2.24) is 4.98 Å². The van der Waals surface area contributed by atoms with E-state index < -0.39 is 0 Å². The van der Waals surface area contributed by atoms with E-state index in [1.165, 1.54) is 5.56 Å². The van der Waals surface area contributed by atoms with Crippen LogP contribution in [0.5, 0.6) is 5.75 Å². The predicted molar refractivity (Wildman–Crippen MR) is 48.3 cm³/mol. The second-order valence-corrected chi connectivity index (χ2v) is 2.96. The van der Waals surface area contributed by atoms with Crippen molar-refractivity contribution in [1.29, 1.82) is 0 Å². The topological polar surface area (TPSA) is 22.1 Å². The number of aryl methyl sites for hydroxylation is 1. The summed E-state index contributed by atoms with van der Waals surface area (Å²) in [5.74, 6) is 0.823. The summed E-state index contributed by atoms with van der Waals surface area (Å²) < 4.78 is 5.02. The van der Waals surface area contributed by atoms with Gasteiger partial charge in [-0.3, -0.25) is 4.98 Å². The molecule has 0 aromatic carbocycles. The fourth-order valence-electron chi connectivity index (χ4n) is 0.821. The van der Waals surface area contributed by atoms with Gasteiger partial charge in [0, 0.05) is 11.5 Å². The van der Waals surface area contributed by atoms with E-state index in [1.807, 2.05) is 12.3 Å². The lowest BCUT2D eigenvalue weighted by atomic mass is 10.2. The van der Waals surface area contributed by atoms with Gasteiger partial charge in [0.15, 0.2) is 0 Å². The van der Waals surface area contributed by atoms with Gasteiger partial charge in [-0.25, -0.2) is 0 Å². The van der Waals surface area contributed by atoms with E-state index in [4.69, 9.17) is 4.74 Å². The molecule has 0 spiro atoms. The second-order valence-electron chi connectivity index (χ2n) is 2.17. The molecule has 0 aliphatic carbocycles. The first-order valence-corrected chi connectivity index (χ1v) is 4.53. The molecule has 0 atom stereocenters. The third-order valence-electron chi connectivity index (χ3n) is 1.39. The SMILES string of the molecule is COc1cncc(CCBr)c1. The minimum atomic E-state index is 0.823. The Kier molecular flexibility index (Phi) is 3.36. The maximum absolute atomic E-state index is 5.02. The molecule has 0 saturated carbocycles. The summed E-state index contributed by atoms with van der Waals surface area (Å²) in [6.07, 6.45) is 4.55. The van der Waals surface area contributed by atoms with Crippen LogP contribution in [-0.2, 0) is 6.42 Å². The number of ether oxygens (including phenoxy) is 1. The molecule has 0 unspecified atom stereocenters. The Morgan fingerprint density at radius 3 is 3.00 bits per heavy atom. The Labute approximate surface area is 74.7 Å². The summed E-state index contributed by atoms with van der Waals surface area (Å²) in [5, 5.41) is 0.960. The lowest BCUT2D eigenvalue weighted by molar-refractivity contribution is 0.412. The van der Waals surface area contributed by atoms with Gasteiger partial charge >= 0.3 is 0 Å². The highest BCUT2D eigenvalue weighted by Gasteiger charge is 1.94. The number of hydrogen-bond acceptors (Lipinski definition) is 2. The van der Waals surface area contributed by atoms with Crippen LogP contribution in [0.1, 0.15) is 5.56 Å². The Morgan fingerprint density at radius 1 is 1.55 bits per heavy atom. The first kappa shape index (κ1) is 8.53. The second kappa shape index (κ2) is 4.34. The molecule has 3 heteroatoms. The Balaban J connectivity index is 2.74.